The molecule has 74 valence electrons. The molecule has 0 bridgehead atoms. The normalized spacial score (nSPS) is 12.3. The van der Waals surface area contributed by atoms with Crippen molar-refractivity contribution in [2.24, 2.45) is 11.7 Å². The minimum atomic E-state index is -3.10. The molecular formula is C7H18N2O2S. The second-order valence-electron chi connectivity index (χ2n) is 3.18. The monoisotopic (exact) mass is 194 g/mol. The lowest BCUT2D eigenvalue weighted by Crippen LogP contribution is -2.30. The molecule has 0 aromatic rings. The van der Waals surface area contributed by atoms with Crippen molar-refractivity contribution in [1.29, 1.82) is 0 Å². The van der Waals surface area contributed by atoms with Crippen molar-refractivity contribution in [3.8, 4) is 0 Å². The van der Waals surface area contributed by atoms with Crippen molar-refractivity contribution in [3.63, 3.8) is 0 Å². The summed E-state index contributed by atoms with van der Waals surface area (Å²) in [6.45, 7) is 4.80. The van der Waals surface area contributed by atoms with E-state index >= 15 is 0 Å². The van der Waals surface area contributed by atoms with Crippen LogP contribution in [0.2, 0.25) is 0 Å². The van der Waals surface area contributed by atoms with Gasteiger partial charge in [0.25, 0.3) is 0 Å². The van der Waals surface area contributed by atoms with Gasteiger partial charge in [0.1, 0.15) is 0 Å². The zero-order chi connectivity index (χ0) is 9.61. The highest BCUT2D eigenvalue weighted by atomic mass is 32.2. The molecule has 0 unspecified atom stereocenters. The summed E-state index contributed by atoms with van der Waals surface area (Å²) in [6, 6.07) is 0. The summed E-state index contributed by atoms with van der Waals surface area (Å²) in [4.78, 5) is 0. The Labute approximate surface area is 74.6 Å². The van der Waals surface area contributed by atoms with Crippen molar-refractivity contribution in [1.82, 2.24) is 4.72 Å². The van der Waals surface area contributed by atoms with E-state index in [0.29, 0.717) is 12.5 Å². The lowest BCUT2D eigenvalue weighted by atomic mass is 10.1. The standard InChI is InChI=1S/C7H18N2O2S/c1-7(2)3-5-9-12(10,11)6-4-8/h7,9H,3-6,8H2,1-2H3. The van der Waals surface area contributed by atoms with Gasteiger partial charge in [-0.15, -0.1) is 0 Å². The number of sulfonamides is 1. The van der Waals surface area contributed by atoms with Crippen LogP contribution in [0.4, 0.5) is 0 Å². The Morgan fingerprint density at radius 3 is 2.42 bits per heavy atom. The van der Waals surface area contributed by atoms with Gasteiger partial charge >= 0.3 is 0 Å². The van der Waals surface area contributed by atoms with Gasteiger partial charge in [-0.3, -0.25) is 0 Å². The maximum Gasteiger partial charge on any atom is 0.212 e. The Morgan fingerprint density at radius 2 is 2.00 bits per heavy atom. The molecule has 0 amide bonds. The first-order valence-corrected chi connectivity index (χ1v) is 5.80. The van der Waals surface area contributed by atoms with Crippen molar-refractivity contribution in [3.05, 3.63) is 0 Å². The number of hydrogen-bond acceptors (Lipinski definition) is 3. The highest BCUT2D eigenvalue weighted by Gasteiger charge is 2.07. The Kier molecular flexibility index (Phi) is 5.44. The Bertz CT molecular complexity index is 199. The fraction of sp³-hybridized carbons (Fsp3) is 1.00. The zero-order valence-electron chi connectivity index (χ0n) is 7.71. The Morgan fingerprint density at radius 1 is 1.42 bits per heavy atom. The van der Waals surface area contributed by atoms with Crippen LogP contribution < -0.4 is 10.5 Å². The van der Waals surface area contributed by atoms with Crippen molar-refractivity contribution >= 4 is 10.0 Å². The van der Waals surface area contributed by atoms with Crippen LogP contribution in [-0.2, 0) is 10.0 Å². The van der Waals surface area contributed by atoms with Crippen LogP contribution in [0.5, 0.6) is 0 Å². The van der Waals surface area contributed by atoms with Crippen LogP contribution in [-0.4, -0.2) is 27.3 Å². The first kappa shape index (κ1) is 11.9. The Balaban J connectivity index is 3.62. The molecule has 5 heteroatoms. The van der Waals surface area contributed by atoms with E-state index in [1.165, 1.54) is 0 Å². The molecular weight excluding hydrogens is 176 g/mol. The largest absolute Gasteiger partial charge is 0.329 e. The van der Waals surface area contributed by atoms with Gasteiger partial charge in [-0.2, -0.15) is 0 Å². The third kappa shape index (κ3) is 6.57. The predicted octanol–water partition coefficient (Wildman–Crippen LogP) is -0.0894. The van der Waals surface area contributed by atoms with Gasteiger partial charge in [-0.25, -0.2) is 13.1 Å². The summed E-state index contributed by atoms with van der Waals surface area (Å²) in [5.74, 6) is 0.538. The van der Waals surface area contributed by atoms with Gasteiger partial charge in [0.2, 0.25) is 10.0 Å². The van der Waals surface area contributed by atoms with Crippen LogP contribution in [0, 0.1) is 5.92 Å². The fourth-order valence-electron chi connectivity index (χ4n) is 0.730. The van der Waals surface area contributed by atoms with Gasteiger partial charge in [-0.1, -0.05) is 13.8 Å². The molecule has 0 aromatic carbocycles. The van der Waals surface area contributed by atoms with Gasteiger partial charge in [0, 0.05) is 13.1 Å². The summed E-state index contributed by atoms with van der Waals surface area (Å²) in [5.41, 5.74) is 5.13. The minimum Gasteiger partial charge on any atom is -0.329 e. The van der Waals surface area contributed by atoms with E-state index in [-0.39, 0.29) is 12.3 Å². The van der Waals surface area contributed by atoms with Crippen LogP contribution in [0.15, 0.2) is 0 Å². The van der Waals surface area contributed by atoms with E-state index in [0.717, 1.165) is 6.42 Å². The van der Waals surface area contributed by atoms with Crippen LogP contribution in [0.1, 0.15) is 20.3 Å². The second kappa shape index (κ2) is 5.50. The summed E-state index contributed by atoms with van der Waals surface area (Å²) in [6.07, 6.45) is 0.865. The van der Waals surface area contributed by atoms with Gasteiger partial charge in [0.05, 0.1) is 5.75 Å². The summed E-state index contributed by atoms with van der Waals surface area (Å²) in [7, 11) is -3.10. The minimum absolute atomic E-state index is 0.0189. The molecule has 0 radical (unpaired) electrons. The topological polar surface area (TPSA) is 72.2 Å². The third-order valence-electron chi connectivity index (χ3n) is 1.43. The molecule has 0 saturated heterocycles. The molecule has 12 heavy (non-hydrogen) atoms. The molecule has 0 saturated carbocycles. The Hall–Kier alpha value is -0.130. The van der Waals surface area contributed by atoms with Gasteiger partial charge in [-0.05, 0) is 12.3 Å². The lowest BCUT2D eigenvalue weighted by Gasteiger charge is -2.06. The van der Waals surface area contributed by atoms with E-state index in [2.05, 4.69) is 18.6 Å². The molecule has 0 rings (SSSR count). The van der Waals surface area contributed by atoms with Crippen molar-refractivity contribution in [2.45, 2.75) is 20.3 Å². The third-order valence-corrected chi connectivity index (χ3v) is 2.85. The molecule has 0 atom stereocenters. The van der Waals surface area contributed by atoms with Crippen molar-refractivity contribution in [2.75, 3.05) is 18.8 Å². The first-order chi connectivity index (χ1) is 5.48. The van der Waals surface area contributed by atoms with E-state index in [4.69, 9.17) is 5.73 Å². The average molecular weight is 194 g/mol. The molecule has 0 heterocycles. The maximum absolute atomic E-state index is 11.0. The first-order valence-electron chi connectivity index (χ1n) is 4.15. The fourth-order valence-corrected chi connectivity index (χ4v) is 1.61. The van der Waals surface area contributed by atoms with Crippen LogP contribution >= 0.6 is 0 Å². The summed E-state index contributed by atoms with van der Waals surface area (Å²) < 4.78 is 24.5. The van der Waals surface area contributed by atoms with Gasteiger partial charge < -0.3 is 5.73 Å². The highest BCUT2D eigenvalue weighted by Crippen LogP contribution is 1.97. The molecule has 3 N–H and O–H groups in total. The van der Waals surface area contributed by atoms with E-state index in [1.807, 2.05) is 0 Å². The lowest BCUT2D eigenvalue weighted by molar-refractivity contribution is 0.551. The number of nitrogens with one attached hydrogen (secondary N) is 1. The number of hydrogen-bond donors (Lipinski definition) is 2. The van der Waals surface area contributed by atoms with Gasteiger partial charge in [0.15, 0.2) is 0 Å². The maximum atomic E-state index is 11.0. The second-order valence-corrected chi connectivity index (χ2v) is 5.11. The van der Waals surface area contributed by atoms with E-state index in [1.54, 1.807) is 0 Å². The molecule has 4 nitrogen and oxygen atoms in total. The van der Waals surface area contributed by atoms with Crippen LogP contribution in [0.3, 0.4) is 0 Å². The molecule has 0 aliphatic rings. The molecule has 0 aliphatic carbocycles. The number of rotatable bonds is 6. The smallest absolute Gasteiger partial charge is 0.212 e. The van der Waals surface area contributed by atoms with Crippen molar-refractivity contribution < 1.29 is 8.42 Å². The molecule has 0 fully saturated rings. The van der Waals surface area contributed by atoms with Crippen LogP contribution in [0.25, 0.3) is 0 Å². The number of nitrogens with two attached hydrogens (primary N) is 1. The summed E-state index contributed by atoms with van der Waals surface area (Å²) >= 11 is 0. The van der Waals surface area contributed by atoms with E-state index < -0.39 is 10.0 Å². The quantitative estimate of drug-likeness (QED) is 0.620. The SMILES string of the molecule is CC(C)CCNS(=O)(=O)CCN. The molecule has 0 spiro atoms. The molecule has 0 aromatic heterocycles. The van der Waals surface area contributed by atoms with E-state index in [9.17, 15) is 8.42 Å². The predicted molar refractivity (Wildman–Crippen MR) is 50.3 cm³/mol. The summed E-state index contributed by atoms with van der Waals surface area (Å²) in [5, 5.41) is 0. The zero-order valence-corrected chi connectivity index (χ0v) is 8.52. The molecule has 0 aliphatic heterocycles. The average Bonchev–Trinajstić information content (AvgIpc) is 1.85. The highest BCUT2D eigenvalue weighted by molar-refractivity contribution is 7.89.